The zero-order valence-electron chi connectivity index (χ0n) is 9.29. The number of hydrogen-bond donors (Lipinski definition) is 2. The SMILES string of the molecule is NNC(Cc1ccc(Br)s1)c1ccc(Br)cc1Cl. The summed E-state index contributed by atoms with van der Waals surface area (Å²) >= 11 is 14.8. The van der Waals surface area contributed by atoms with Gasteiger partial charge in [0.05, 0.1) is 9.83 Å². The van der Waals surface area contributed by atoms with Crippen molar-refractivity contribution in [3.8, 4) is 0 Å². The smallest absolute Gasteiger partial charge is 0.0701 e. The van der Waals surface area contributed by atoms with Crippen molar-refractivity contribution in [3.63, 3.8) is 0 Å². The first-order chi connectivity index (χ1) is 8.60. The van der Waals surface area contributed by atoms with E-state index in [4.69, 9.17) is 17.4 Å². The maximum atomic E-state index is 6.24. The van der Waals surface area contributed by atoms with Gasteiger partial charge in [-0.25, -0.2) is 0 Å². The van der Waals surface area contributed by atoms with E-state index >= 15 is 0 Å². The summed E-state index contributed by atoms with van der Waals surface area (Å²) < 4.78 is 2.08. The summed E-state index contributed by atoms with van der Waals surface area (Å²) in [7, 11) is 0. The van der Waals surface area contributed by atoms with Crippen molar-refractivity contribution in [1.82, 2.24) is 5.43 Å². The van der Waals surface area contributed by atoms with Crippen LogP contribution in [0.15, 0.2) is 38.6 Å². The fourth-order valence-electron chi connectivity index (χ4n) is 1.71. The van der Waals surface area contributed by atoms with Crippen LogP contribution in [0.4, 0.5) is 0 Å². The van der Waals surface area contributed by atoms with E-state index in [1.807, 2.05) is 24.3 Å². The summed E-state index contributed by atoms with van der Waals surface area (Å²) in [5, 5.41) is 0.711. The first kappa shape index (κ1) is 14.5. The quantitative estimate of drug-likeness (QED) is 0.568. The van der Waals surface area contributed by atoms with Crippen LogP contribution in [0.2, 0.25) is 5.02 Å². The average Bonchev–Trinajstić information content (AvgIpc) is 2.72. The minimum Gasteiger partial charge on any atom is -0.271 e. The third kappa shape index (κ3) is 3.56. The molecule has 2 nitrogen and oxygen atoms in total. The van der Waals surface area contributed by atoms with E-state index in [1.54, 1.807) is 11.3 Å². The Hall–Kier alpha value is 0.0900. The fraction of sp³-hybridized carbons (Fsp3) is 0.167. The molecule has 0 aliphatic rings. The van der Waals surface area contributed by atoms with Crippen molar-refractivity contribution in [2.24, 2.45) is 5.84 Å². The molecule has 0 spiro atoms. The summed E-state index contributed by atoms with van der Waals surface area (Å²) in [4.78, 5) is 1.25. The van der Waals surface area contributed by atoms with Crippen LogP contribution < -0.4 is 11.3 Å². The molecule has 0 bridgehead atoms. The Kier molecular flexibility index (Phi) is 5.24. The summed E-state index contributed by atoms with van der Waals surface area (Å²) in [5.41, 5.74) is 3.83. The number of rotatable bonds is 4. The predicted octanol–water partition coefficient (Wildman–Crippen LogP) is 4.67. The van der Waals surface area contributed by atoms with E-state index in [2.05, 4.69) is 43.4 Å². The average molecular weight is 411 g/mol. The minimum absolute atomic E-state index is 0.0103. The summed E-state index contributed by atoms with van der Waals surface area (Å²) in [6, 6.07) is 9.97. The number of halogens is 3. The summed E-state index contributed by atoms with van der Waals surface area (Å²) in [6.07, 6.45) is 0.814. The topological polar surface area (TPSA) is 38.0 Å². The Bertz CT molecular complexity index is 545. The van der Waals surface area contributed by atoms with Gasteiger partial charge in [0.1, 0.15) is 0 Å². The summed E-state index contributed by atoms with van der Waals surface area (Å²) in [6.45, 7) is 0. The van der Waals surface area contributed by atoms with Crippen molar-refractivity contribution in [2.45, 2.75) is 12.5 Å². The molecule has 1 aromatic carbocycles. The molecular weight excluding hydrogens is 399 g/mol. The molecule has 1 atom stereocenters. The molecule has 2 aromatic rings. The van der Waals surface area contributed by atoms with Gasteiger partial charge in [0.15, 0.2) is 0 Å². The van der Waals surface area contributed by atoms with Gasteiger partial charge in [-0.05, 0) is 45.8 Å². The number of nitrogens with one attached hydrogen (secondary N) is 1. The van der Waals surface area contributed by atoms with E-state index in [0.29, 0.717) is 5.02 Å². The van der Waals surface area contributed by atoms with Crippen molar-refractivity contribution >= 4 is 54.8 Å². The highest BCUT2D eigenvalue weighted by molar-refractivity contribution is 9.11. The number of hydrazine groups is 1. The van der Waals surface area contributed by atoms with Gasteiger partial charge in [0.25, 0.3) is 0 Å². The van der Waals surface area contributed by atoms with Crippen molar-refractivity contribution in [2.75, 3.05) is 0 Å². The Morgan fingerprint density at radius 2 is 2.06 bits per heavy atom. The zero-order valence-corrected chi connectivity index (χ0v) is 14.0. The molecular formula is C12H11Br2ClN2S. The second-order valence-electron chi connectivity index (χ2n) is 3.80. The van der Waals surface area contributed by atoms with Crippen LogP contribution >= 0.6 is 54.8 Å². The molecule has 6 heteroatoms. The molecule has 2 rings (SSSR count). The normalized spacial score (nSPS) is 12.7. The third-order valence-corrected chi connectivity index (χ3v) is 5.04. The van der Waals surface area contributed by atoms with Gasteiger partial charge in [0.2, 0.25) is 0 Å². The highest BCUT2D eigenvalue weighted by Crippen LogP contribution is 2.31. The molecule has 1 unspecified atom stereocenters. The molecule has 0 radical (unpaired) electrons. The molecule has 3 N–H and O–H groups in total. The molecule has 0 aliphatic carbocycles. The second-order valence-corrected chi connectivity index (χ2v) is 7.67. The zero-order chi connectivity index (χ0) is 13.1. The van der Waals surface area contributed by atoms with E-state index in [0.717, 1.165) is 20.2 Å². The van der Waals surface area contributed by atoms with Crippen LogP contribution in [0, 0.1) is 0 Å². The highest BCUT2D eigenvalue weighted by Gasteiger charge is 2.15. The van der Waals surface area contributed by atoms with Gasteiger partial charge in [-0.3, -0.25) is 11.3 Å². The monoisotopic (exact) mass is 408 g/mol. The standard InChI is InChI=1S/C12H11Br2ClN2S/c13-7-1-3-9(10(15)5-7)11(17-16)6-8-2-4-12(14)18-8/h1-5,11,17H,6,16H2. The Morgan fingerprint density at radius 3 is 2.61 bits per heavy atom. The molecule has 0 aliphatic heterocycles. The van der Waals surface area contributed by atoms with E-state index in [9.17, 15) is 0 Å². The number of benzene rings is 1. The third-order valence-electron chi connectivity index (χ3n) is 2.57. The highest BCUT2D eigenvalue weighted by atomic mass is 79.9. The molecule has 96 valence electrons. The molecule has 0 saturated carbocycles. The predicted molar refractivity (Wildman–Crippen MR) is 84.9 cm³/mol. The van der Waals surface area contributed by atoms with Gasteiger partial charge >= 0.3 is 0 Å². The Balaban J connectivity index is 2.22. The van der Waals surface area contributed by atoms with Crippen LogP contribution in [0.25, 0.3) is 0 Å². The number of nitrogens with two attached hydrogens (primary N) is 1. The van der Waals surface area contributed by atoms with Crippen LogP contribution in [0.5, 0.6) is 0 Å². The Morgan fingerprint density at radius 1 is 1.28 bits per heavy atom. The summed E-state index contributed by atoms with van der Waals surface area (Å²) in [5.74, 6) is 5.64. The Labute approximate surface area is 132 Å². The largest absolute Gasteiger partial charge is 0.271 e. The first-order valence-electron chi connectivity index (χ1n) is 5.25. The van der Waals surface area contributed by atoms with E-state index in [1.165, 1.54) is 4.88 Å². The molecule has 18 heavy (non-hydrogen) atoms. The fourth-order valence-corrected chi connectivity index (χ4v) is 4.04. The van der Waals surface area contributed by atoms with Gasteiger partial charge < -0.3 is 0 Å². The van der Waals surface area contributed by atoms with Gasteiger partial charge in [-0.2, -0.15) is 0 Å². The molecule has 1 aromatic heterocycles. The lowest BCUT2D eigenvalue weighted by atomic mass is 10.0. The molecule has 1 heterocycles. The number of hydrogen-bond acceptors (Lipinski definition) is 3. The van der Waals surface area contributed by atoms with Crippen LogP contribution in [0.1, 0.15) is 16.5 Å². The molecule has 0 saturated heterocycles. The number of thiophene rings is 1. The van der Waals surface area contributed by atoms with E-state index < -0.39 is 0 Å². The van der Waals surface area contributed by atoms with Gasteiger partial charge in [-0.1, -0.05) is 33.6 Å². The van der Waals surface area contributed by atoms with Crippen molar-refractivity contribution in [3.05, 3.63) is 54.1 Å². The molecule has 0 amide bonds. The lowest BCUT2D eigenvalue weighted by molar-refractivity contribution is 0.556. The van der Waals surface area contributed by atoms with Crippen LogP contribution in [-0.2, 0) is 6.42 Å². The maximum Gasteiger partial charge on any atom is 0.0701 e. The van der Waals surface area contributed by atoms with Crippen LogP contribution in [-0.4, -0.2) is 0 Å². The first-order valence-corrected chi connectivity index (χ1v) is 8.03. The lowest BCUT2D eigenvalue weighted by Crippen LogP contribution is -2.29. The molecule has 0 fully saturated rings. The maximum absolute atomic E-state index is 6.24. The van der Waals surface area contributed by atoms with Gasteiger partial charge in [-0.15, -0.1) is 11.3 Å². The van der Waals surface area contributed by atoms with Crippen molar-refractivity contribution in [1.29, 1.82) is 0 Å². The minimum atomic E-state index is 0.0103. The van der Waals surface area contributed by atoms with Gasteiger partial charge in [0, 0.05) is 20.8 Å². The lowest BCUT2D eigenvalue weighted by Gasteiger charge is -2.17. The van der Waals surface area contributed by atoms with Crippen molar-refractivity contribution < 1.29 is 0 Å². The van der Waals surface area contributed by atoms with Crippen LogP contribution in [0.3, 0.4) is 0 Å². The second kappa shape index (κ2) is 6.50. The van der Waals surface area contributed by atoms with E-state index in [-0.39, 0.29) is 6.04 Å².